The summed E-state index contributed by atoms with van der Waals surface area (Å²) < 4.78 is 7.31. The van der Waals surface area contributed by atoms with Gasteiger partial charge in [-0.2, -0.15) is 0 Å². The maximum Gasteiger partial charge on any atom is 0.128 e. The number of nitrogens with one attached hydrogen (secondary N) is 2. The van der Waals surface area contributed by atoms with Crippen molar-refractivity contribution >= 4 is 36.5 Å². The van der Waals surface area contributed by atoms with Crippen molar-refractivity contribution in [2.24, 2.45) is 9.98 Å². The summed E-state index contributed by atoms with van der Waals surface area (Å²) in [6, 6.07) is 14.1. The lowest BCUT2D eigenvalue weighted by Crippen LogP contribution is -2.19. The van der Waals surface area contributed by atoms with Gasteiger partial charge in [0.25, 0.3) is 0 Å². The molecule has 0 saturated heterocycles. The molecule has 0 radical (unpaired) electrons. The van der Waals surface area contributed by atoms with Crippen LogP contribution in [-0.2, 0) is 0 Å². The molecule has 31 heavy (non-hydrogen) atoms. The van der Waals surface area contributed by atoms with E-state index >= 15 is 0 Å². The summed E-state index contributed by atoms with van der Waals surface area (Å²) in [5.41, 5.74) is 4.65. The maximum absolute atomic E-state index is 5.55. The van der Waals surface area contributed by atoms with Crippen LogP contribution in [0.4, 0.5) is 0 Å². The largest absolute Gasteiger partial charge is 0.496 e. The Morgan fingerprint density at radius 1 is 0.871 bits per heavy atom. The van der Waals surface area contributed by atoms with Gasteiger partial charge in [0.1, 0.15) is 23.1 Å². The van der Waals surface area contributed by atoms with E-state index in [2.05, 4.69) is 30.9 Å². The number of benzene rings is 2. The number of nitrogens with zero attached hydrogens (tertiary/aromatic N) is 5. The zero-order valence-corrected chi connectivity index (χ0v) is 18.5. The molecule has 0 saturated carbocycles. The van der Waals surface area contributed by atoms with Crippen LogP contribution in [0.2, 0.25) is 0 Å². The third-order valence-electron chi connectivity index (χ3n) is 5.00. The predicted octanol–water partition coefficient (Wildman–Crippen LogP) is 2.49. The molecule has 0 fully saturated rings. The molecule has 3 heterocycles. The Balaban J connectivity index is 0.00000136. The van der Waals surface area contributed by atoms with Gasteiger partial charge in [-0.3, -0.25) is 9.98 Å². The van der Waals surface area contributed by atoms with Gasteiger partial charge >= 0.3 is 0 Å². The molecule has 0 atom stereocenters. The van der Waals surface area contributed by atoms with E-state index in [1.807, 2.05) is 48.7 Å². The van der Waals surface area contributed by atoms with E-state index in [-0.39, 0.29) is 24.8 Å². The summed E-state index contributed by atoms with van der Waals surface area (Å²) in [6.07, 6.45) is 1.91. The van der Waals surface area contributed by atoms with Crippen molar-refractivity contribution in [1.82, 2.24) is 25.6 Å². The Hall–Kier alpha value is -3.10. The Bertz CT molecular complexity index is 1110. The highest BCUT2D eigenvalue weighted by Crippen LogP contribution is 2.30. The zero-order chi connectivity index (χ0) is 19.6. The number of aliphatic imine (C=N–C) groups is 2. The number of amidine groups is 2. The van der Waals surface area contributed by atoms with E-state index in [0.717, 1.165) is 71.7 Å². The van der Waals surface area contributed by atoms with Crippen LogP contribution in [0.1, 0.15) is 11.1 Å². The van der Waals surface area contributed by atoms with Gasteiger partial charge in [0.2, 0.25) is 0 Å². The number of rotatable bonds is 5. The average Bonchev–Trinajstić information content (AvgIpc) is 3.56. The summed E-state index contributed by atoms with van der Waals surface area (Å²) in [7, 11) is 1.66. The summed E-state index contributed by atoms with van der Waals surface area (Å²) >= 11 is 0. The van der Waals surface area contributed by atoms with Crippen LogP contribution < -0.4 is 15.4 Å². The molecule has 0 bridgehead atoms. The first-order valence-corrected chi connectivity index (χ1v) is 9.60. The lowest BCUT2D eigenvalue weighted by atomic mass is 10.1. The van der Waals surface area contributed by atoms with E-state index in [1.54, 1.807) is 11.8 Å². The van der Waals surface area contributed by atoms with Gasteiger partial charge in [-0.1, -0.05) is 5.21 Å². The Morgan fingerprint density at radius 3 is 2.13 bits per heavy atom. The molecular formula is C21H23Cl2N7O. The van der Waals surface area contributed by atoms with Crippen molar-refractivity contribution in [1.29, 1.82) is 0 Å². The minimum Gasteiger partial charge on any atom is -0.496 e. The smallest absolute Gasteiger partial charge is 0.128 e. The predicted molar refractivity (Wildman–Crippen MR) is 127 cm³/mol. The van der Waals surface area contributed by atoms with Gasteiger partial charge in [0, 0.05) is 29.8 Å². The lowest BCUT2D eigenvalue weighted by Gasteiger charge is -2.09. The second-order valence-electron chi connectivity index (χ2n) is 6.82. The fourth-order valence-electron chi connectivity index (χ4n) is 3.52. The Labute approximate surface area is 192 Å². The second kappa shape index (κ2) is 9.80. The molecule has 2 aromatic carbocycles. The number of hydrogen-bond donors (Lipinski definition) is 2. The highest BCUT2D eigenvalue weighted by atomic mass is 35.5. The average molecular weight is 460 g/mol. The number of ether oxygens (including phenoxy) is 1. The van der Waals surface area contributed by atoms with Gasteiger partial charge in [0.15, 0.2) is 0 Å². The minimum atomic E-state index is 0. The SMILES string of the molecule is COc1ccc(C2=NCCN2)cc1-c1cn(-c2ccc(C3=NCCN3)cc2)nn1.Cl.Cl. The molecule has 2 aliphatic rings. The molecule has 10 heteroatoms. The van der Waals surface area contributed by atoms with Gasteiger partial charge < -0.3 is 15.4 Å². The van der Waals surface area contributed by atoms with E-state index in [0.29, 0.717) is 0 Å². The molecule has 0 unspecified atom stereocenters. The van der Waals surface area contributed by atoms with Crippen molar-refractivity contribution in [3.8, 4) is 22.7 Å². The second-order valence-corrected chi connectivity index (χ2v) is 6.82. The van der Waals surface area contributed by atoms with Crippen LogP contribution in [0.5, 0.6) is 5.75 Å². The van der Waals surface area contributed by atoms with Gasteiger partial charge in [0.05, 0.1) is 32.1 Å². The molecule has 162 valence electrons. The van der Waals surface area contributed by atoms with E-state index in [1.165, 1.54) is 0 Å². The summed E-state index contributed by atoms with van der Waals surface area (Å²) in [5.74, 6) is 2.60. The highest BCUT2D eigenvalue weighted by Gasteiger charge is 2.16. The Kier molecular flexibility index (Phi) is 7.14. The molecule has 5 rings (SSSR count). The first-order valence-electron chi connectivity index (χ1n) is 9.60. The van der Waals surface area contributed by atoms with Crippen molar-refractivity contribution in [2.45, 2.75) is 0 Å². The van der Waals surface area contributed by atoms with Crippen LogP contribution in [0.25, 0.3) is 16.9 Å². The van der Waals surface area contributed by atoms with E-state index < -0.39 is 0 Å². The monoisotopic (exact) mass is 459 g/mol. The molecule has 0 spiro atoms. The standard InChI is InChI=1S/C21H21N7O.2ClH/c1-29-19-7-4-15(21-24-10-11-25-21)12-17(19)18-13-28(27-26-18)16-5-2-14(3-6-16)20-22-8-9-23-20;;/h2-7,12-13H,8-11H2,1H3,(H,22,23)(H,24,25);2*1H. The number of hydrogen-bond acceptors (Lipinski definition) is 7. The third-order valence-corrected chi connectivity index (χ3v) is 5.00. The summed E-state index contributed by atoms with van der Waals surface area (Å²) in [5, 5.41) is 15.3. The fraction of sp³-hybridized carbons (Fsp3) is 0.238. The first kappa shape index (κ1) is 22.6. The van der Waals surface area contributed by atoms with Crippen LogP contribution in [-0.4, -0.2) is 60.0 Å². The molecule has 2 N–H and O–H groups in total. The fourth-order valence-corrected chi connectivity index (χ4v) is 3.52. The van der Waals surface area contributed by atoms with Crippen LogP contribution in [0.3, 0.4) is 0 Å². The lowest BCUT2D eigenvalue weighted by molar-refractivity contribution is 0.416. The Morgan fingerprint density at radius 2 is 1.52 bits per heavy atom. The summed E-state index contributed by atoms with van der Waals surface area (Å²) in [6.45, 7) is 3.38. The quantitative estimate of drug-likeness (QED) is 0.611. The van der Waals surface area contributed by atoms with Crippen molar-refractivity contribution < 1.29 is 4.74 Å². The van der Waals surface area contributed by atoms with Crippen LogP contribution in [0.15, 0.2) is 58.6 Å². The third kappa shape index (κ3) is 4.50. The number of aromatic nitrogens is 3. The van der Waals surface area contributed by atoms with Crippen molar-refractivity contribution in [2.75, 3.05) is 33.3 Å². The van der Waals surface area contributed by atoms with E-state index in [9.17, 15) is 0 Å². The van der Waals surface area contributed by atoms with Crippen molar-refractivity contribution in [3.05, 3.63) is 59.8 Å². The normalized spacial score (nSPS) is 14.5. The number of halogens is 2. The first-order chi connectivity index (χ1) is 14.3. The molecule has 0 amide bonds. The molecule has 2 aliphatic heterocycles. The molecule has 8 nitrogen and oxygen atoms in total. The molecule has 3 aromatic rings. The molecular weight excluding hydrogens is 437 g/mol. The number of methoxy groups -OCH3 is 1. The maximum atomic E-state index is 5.55. The van der Waals surface area contributed by atoms with Crippen LogP contribution >= 0.6 is 24.8 Å². The van der Waals surface area contributed by atoms with E-state index in [4.69, 9.17) is 4.74 Å². The zero-order valence-electron chi connectivity index (χ0n) is 16.9. The minimum absolute atomic E-state index is 0. The highest BCUT2D eigenvalue weighted by molar-refractivity contribution is 6.01. The van der Waals surface area contributed by atoms with Gasteiger partial charge in [-0.05, 0) is 42.5 Å². The summed E-state index contributed by atoms with van der Waals surface area (Å²) in [4.78, 5) is 8.95. The topological polar surface area (TPSA) is 88.7 Å². The molecule has 1 aromatic heterocycles. The van der Waals surface area contributed by atoms with Gasteiger partial charge in [-0.25, -0.2) is 4.68 Å². The molecule has 0 aliphatic carbocycles. The van der Waals surface area contributed by atoms with Gasteiger partial charge in [-0.15, -0.1) is 29.9 Å². The van der Waals surface area contributed by atoms with Crippen LogP contribution in [0, 0.1) is 0 Å². The van der Waals surface area contributed by atoms with Crippen molar-refractivity contribution in [3.63, 3.8) is 0 Å².